The fraction of sp³-hybridized carbons (Fsp3) is 0.190. The number of aryl methyl sites for hydroxylation is 1. The number of carbonyl (C=O) groups excluding carboxylic acids is 1. The molecule has 29 heavy (non-hydrogen) atoms. The molecule has 0 radical (unpaired) electrons. The van der Waals surface area contributed by atoms with Crippen molar-refractivity contribution < 1.29 is 14.3 Å². The SMILES string of the molecule is CCOc1c(Br)cc(C(=O)Nc2cccc(-c3nc(C)cc(=O)[nH]3)c2)cc1OC. The average molecular weight is 458 g/mol. The van der Waals surface area contributed by atoms with Gasteiger partial charge in [-0.15, -0.1) is 0 Å². The molecule has 0 aliphatic carbocycles. The van der Waals surface area contributed by atoms with Gasteiger partial charge in [0.1, 0.15) is 5.82 Å². The van der Waals surface area contributed by atoms with Gasteiger partial charge < -0.3 is 19.8 Å². The Morgan fingerprint density at radius 1 is 1.24 bits per heavy atom. The van der Waals surface area contributed by atoms with E-state index in [1.54, 1.807) is 37.3 Å². The number of nitrogens with zero attached hydrogens (tertiary/aromatic N) is 1. The Bertz CT molecular complexity index is 1110. The smallest absolute Gasteiger partial charge is 0.255 e. The van der Waals surface area contributed by atoms with Gasteiger partial charge in [-0.3, -0.25) is 9.59 Å². The standard InChI is InChI=1S/C21H20BrN3O4/c1-4-29-19-16(22)10-14(11-17(19)28-3)21(27)24-15-7-5-6-13(9-15)20-23-12(2)8-18(26)25-20/h5-11H,4H2,1-3H3,(H,24,27)(H,23,25,26). The zero-order valence-electron chi connectivity index (χ0n) is 16.2. The minimum absolute atomic E-state index is 0.228. The number of aromatic nitrogens is 2. The zero-order valence-corrected chi connectivity index (χ0v) is 17.8. The lowest BCUT2D eigenvalue weighted by molar-refractivity contribution is 0.102. The number of rotatable bonds is 6. The number of hydrogen-bond donors (Lipinski definition) is 2. The molecule has 7 nitrogen and oxygen atoms in total. The number of nitrogens with one attached hydrogen (secondary N) is 2. The first-order valence-electron chi connectivity index (χ1n) is 8.91. The van der Waals surface area contributed by atoms with E-state index in [4.69, 9.17) is 9.47 Å². The highest BCUT2D eigenvalue weighted by atomic mass is 79.9. The van der Waals surface area contributed by atoms with Crippen LogP contribution in [0, 0.1) is 6.92 Å². The maximum Gasteiger partial charge on any atom is 0.255 e. The summed E-state index contributed by atoms with van der Waals surface area (Å²) in [5.41, 5.74) is 2.05. The Hall–Kier alpha value is -3.13. The summed E-state index contributed by atoms with van der Waals surface area (Å²) >= 11 is 3.42. The lowest BCUT2D eigenvalue weighted by Gasteiger charge is -2.13. The number of ether oxygens (including phenoxy) is 2. The quantitative estimate of drug-likeness (QED) is 0.579. The summed E-state index contributed by atoms with van der Waals surface area (Å²) in [6.07, 6.45) is 0. The molecule has 0 fully saturated rings. The predicted molar refractivity (Wildman–Crippen MR) is 115 cm³/mol. The van der Waals surface area contributed by atoms with Gasteiger partial charge in [0.15, 0.2) is 11.5 Å². The van der Waals surface area contributed by atoms with Gasteiger partial charge in [0.05, 0.1) is 18.2 Å². The molecule has 0 unspecified atom stereocenters. The molecule has 0 saturated carbocycles. The van der Waals surface area contributed by atoms with Crippen LogP contribution >= 0.6 is 15.9 Å². The molecule has 1 heterocycles. The first-order valence-corrected chi connectivity index (χ1v) is 9.70. The second-order valence-corrected chi connectivity index (χ2v) is 7.05. The molecule has 8 heteroatoms. The predicted octanol–water partition coefficient (Wildman–Crippen LogP) is 4.17. The third-order valence-corrected chi connectivity index (χ3v) is 4.63. The van der Waals surface area contributed by atoms with Crippen LogP contribution in [0.25, 0.3) is 11.4 Å². The van der Waals surface area contributed by atoms with E-state index < -0.39 is 0 Å². The van der Waals surface area contributed by atoms with Gasteiger partial charge >= 0.3 is 0 Å². The van der Waals surface area contributed by atoms with Crippen LogP contribution in [-0.4, -0.2) is 29.6 Å². The van der Waals surface area contributed by atoms with Crippen molar-refractivity contribution in [3.05, 3.63) is 68.5 Å². The molecule has 2 aromatic carbocycles. The number of halogens is 1. The van der Waals surface area contributed by atoms with Crippen molar-refractivity contribution >= 4 is 27.5 Å². The van der Waals surface area contributed by atoms with Gasteiger partial charge in [0.25, 0.3) is 11.5 Å². The lowest BCUT2D eigenvalue weighted by atomic mass is 10.1. The maximum absolute atomic E-state index is 12.8. The van der Waals surface area contributed by atoms with E-state index >= 15 is 0 Å². The highest BCUT2D eigenvalue weighted by Crippen LogP contribution is 2.36. The monoisotopic (exact) mass is 457 g/mol. The number of carbonyl (C=O) groups is 1. The normalized spacial score (nSPS) is 10.5. The van der Waals surface area contributed by atoms with Gasteiger partial charge in [-0.1, -0.05) is 12.1 Å². The van der Waals surface area contributed by atoms with Gasteiger partial charge in [-0.25, -0.2) is 4.98 Å². The van der Waals surface area contributed by atoms with Gasteiger partial charge in [-0.2, -0.15) is 0 Å². The summed E-state index contributed by atoms with van der Waals surface area (Å²) in [7, 11) is 1.52. The van der Waals surface area contributed by atoms with Crippen LogP contribution in [0.15, 0.2) is 51.7 Å². The largest absolute Gasteiger partial charge is 0.493 e. The molecule has 150 valence electrons. The highest BCUT2D eigenvalue weighted by molar-refractivity contribution is 9.10. The molecule has 3 rings (SSSR count). The molecule has 0 spiro atoms. The topological polar surface area (TPSA) is 93.3 Å². The number of anilines is 1. The molecule has 0 atom stereocenters. The van der Waals surface area contributed by atoms with E-state index in [9.17, 15) is 9.59 Å². The van der Waals surface area contributed by atoms with Crippen LogP contribution in [0.1, 0.15) is 23.0 Å². The van der Waals surface area contributed by atoms with E-state index in [1.807, 2.05) is 13.0 Å². The van der Waals surface area contributed by atoms with Crippen molar-refractivity contribution in [1.82, 2.24) is 9.97 Å². The van der Waals surface area contributed by atoms with Crippen molar-refractivity contribution in [1.29, 1.82) is 0 Å². The first-order chi connectivity index (χ1) is 13.9. The fourth-order valence-corrected chi connectivity index (χ4v) is 3.36. The molecular formula is C21H20BrN3O4. The Kier molecular flexibility index (Phi) is 6.33. The number of H-pyrrole nitrogens is 1. The van der Waals surface area contributed by atoms with E-state index in [1.165, 1.54) is 13.2 Å². The van der Waals surface area contributed by atoms with Crippen LogP contribution in [-0.2, 0) is 0 Å². The number of methoxy groups -OCH3 is 1. The molecule has 1 aromatic heterocycles. The third-order valence-electron chi connectivity index (χ3n) is 4.04. The molecule has 3 aromatic rings. The summed E-state index contributed by atoms with van der Waals surface area (Å²) < 4.78 is 11.5. The maximum atomic E-state index is 12.8. The molecule has 2 N–H and O–H groups in total. The zero-order chi connectivity index (χ0) is 21.0. The van der Waals surface area contributed by atoms with Crippen LogP contribution in [0.3, 0.4) is 0 Å². The van der Waals surface area contributed by atoms with Gasteiger partial charge in [0.2, 0.25) is 0 Å². The van der Waals surface area contributed by atoms with Crippen LogP contribution in [0.2, 0.25) is 0 Å². The van der Waals surface area contributed by atoms with Crippen LogP contribution < -0.4 is 20.3 Å². The summed E-state index contributed by atoms with van der Waals surface area (Å²) in [5, 5.41) is 2.85. The van der Waals surface area contributed by atoms with E-state index in [2.05, 4.69) is 31.2 Å². The van der Waals surface area contributed by atoms with Crippen molar-refractivity contribution in [2.75, 3.05) is 19.0 Å². The van der Waals surface area contributed by atoms with Gasteiger partial charge in [0, 0.05) is 28.6 Å². The molecule has 0 bridgehead atoms. The summed E-state index contributed by atoms with van der Waals surface area (Å²) in [6.45, 7) is 4.10. The molecule has 0 saturated heterocycles. The Morgan fingerprint density at radius 3 is 2.72 bits per heavy atom. The first kappa shape index (κ1) is 20.6. The van der Waals surface area contributed by atoms with E-state index in [-0.39, 0.29) is 11.5 Å². The van der Waals surface area contributed by atoms with Gasteiger partial charge in [-0.05, 0) is 54.0 Å². The highest BCUT2D eigenvalue weighted by Gasteiger charge is 2.16. The van der Waals surface area contributed by atoms with Crippen LogP contribution in [0.4, 0.5) is 5.69 Å². The number of amides is 1. The summed E-state index contributed by atoms with van der Waals surface area (Å²) in [4.78, 5) is 31.5. The Labute approximate surface area is 176 Å². The lowest BCUT2D eigenvalue weighted by Crippen LogP contribution is -2.13. The molecular weight excluding hydrogens is 438 g/mol. The molecule has 1 amide bonds. The Morgan fingerprint density at radius 2 is 2.03 bits per heavy atom. The third kappa shape index (κ3) is 4.83. The Balaban J connectivity index is 1.88. The van der Waals surface area contributed by atoms with E-state index in [0.29, 0.717) is 50.9 Å². The van der Waals surface area contributed by atoms with Crippen molar-refractivity contribution in [2.24, 2.45) is 0 Å². The molecule has 0 aliphatic heterocycles. The van der Waals surface area contributed by atoms with Crippen molar-refractivity contribution in [2.45, 2.75) is 13.8 Å². The second kappa shape index (κ2) is 8.91. The summed E-state index contributed by atoms with van der Waals surface area (Å²) in [6, 6.07) is 11.8. The summed E-state index contributed by atoms with van der Waals surface area (Å²) in [5.74, 6) is 1.14. The van der Waals surface area contributed by atoms with Crippen LogP contribution in [0.5, 0.6) is 11.5 Å². The minimum Gasteiger partial charge on any atom is -0.493 e. The van der Waals surface area contributed by atoms with Crippen molar-refractivity contribution in [3.63, 3.8) is 0 Å². The number of hydrogen-bond acceptors (Lipinski definition) is 5. The average Bonchev–Trinajstić information content (AvgIpc) is 2.68. The minimum atomic E-state index is -0.310. The second-order valence-electron chi connectivity index (χ2n) is 6.19. The van der Waals surface area contributed by atoms with E-state index in [0.717, 1.165) is 0 Å². The number of benzene rings is 2. The van der Waals surface area contributed by atoms with Crippen molar-refractivity contribution in [3.8, 4) is 22.9 Å². The fourth-order valence-electron chi connectivity index (χ4n) is 2.80. The molecule has 0 aliphatic rings. The number of aromatic amines is 1.